The van der Waals surface area contributed by atoms with E-state index in [0.29, 0.717) is 11.6 Å². The smallest absolute Gasteiger partial charge is 0.163 e. The Balaban J connectivity index is 1.34. The highest BCUT2D eigenvalue weighted by atomic mass is 15.0. The van der Waals surface area contributed by atoms with Crippen molar-refractivity contribution in [2.24, 2.45) is 0 Å². The molecular weight excluding hydrogens is 933 g/mol. The number of allylic oxidation sites excluding steroid dienone is 4. The lowest BCUT2D eigenvalue weighted by Crippen LogP contribution is -2.19. The van der Waals surface area contributed by atoms with Crippen LogP contribution in [-0.4, -0.2) is 19.5 Å². The van der Waals surface area contributed by atoms with Crippen molar-refractivity contribution >= 4 is 21.8 Å². The normalized spacial score (nSPS) is 14.2. The molecule has 2 heterocycles. The molecule has 1 aliphatic carbocycles. The van der Waals surface area contributed by atoms with E-state index in [2.05, 4.69) is 282 Å². The summed E-state index contributed by atoms with van der Waals surface area (Å²) in [6.45, 7) is 28.4. The first-order valence-corrected chi connectivity index (χ1v) is 27.5. The van der Waals surface area contributed by atoms with Crippen LogP contribution < -0.4 is 0 Å². The van der Waals surface area contributed by atoms with Gasteiger partial charge >= 0.3 is 0 Å². The summed E-state index contributed by atoms with van der Waals surface area (Å²) < 4.78 is 2.70. The summed E-state index contributed by atoms with van der Waals surface area (Å²) in [5.41, 5.74) is 19.2. The van der Waals surface area contributed by atoms with Crippen molar-refractivity contribution in [2.45, 2.75) is 117 Å². The van der Waals surface area contributed by atoms with Gasteiger partial charge in [-0.05, 0) is 108 Å². The number of aromatic nitrogens is 4. The van der Waals surface area contributed by atoms with Crippen LogP contribution in [0, 0.1) is 0 Å². The molecule has 0 N–H and O–H groups in total. The molecule has 4 heteroatoms. The van der Waals surface area contributed by atoms with E-state index >= 15 is 0 Å². The third-order valence-corrected chi connectivity index (χ3v) is 15.5. The number of hydrogen-bond donors (Lipinski definition) is 0. The fraction of sp³-hybridized carbons (Fsp3) is 0.247. The molecular formula is C73H72N4. The first-order valence-electron chi connectivity index (χ1n) is 27.5. The van der Waals surface area contributed by atoms with Crippen molar-refractivity contribution < 1.29 is 0 Å². The summed E-state index contributed by atoms with van der Waals surface area (Å²) >= 11 is 0. The van der Waals surface area contributed by atoms with Crippen LogP contribution in [0.15, 0.2) is 200 Å². The number of rotatable bonds is 8. The average molecular weight is 1010 g/mol. The van der Waals surface area contributed by atoms with Crippen LogP contribution in [0.3, 0.4) is 0 Å². The van der Waals surface area contributed by atoms with Gasteiger partial charge in [0, 0.05) is 38.9 Å². The fourth-order valence-electron chi connectivity index (χ4n) is 11.1. The minimum Gasteiger partial charge on any atom is -0.307 e. The molecule has 0 amide bonds. The van der Waals surface area contributed by atoms with Crippen LogP contribution in [0.25, 0.3) is 94.8 Å². The van der Waals surface area contributed by atoms with Crippen molar-refractivity contribution in [3.63, 3.8) is 0 Å². The molecule has 4 nitrogen and oxygen atoms in total. The van der Waals surface area contributed by atoms with E-state index in [4.69, 9.17) is 15.0 Å². The topological polar surface area (TPSA) is 43.6 Å². The second kappa shape index (κ2) is 19.6. The van der Waals surface area contributed by atoms with Crippen LogP contribution >= 0.6 is 0 Å². The van der Waals surface area contributed by atoms with Crippen LogP contribution in [0.1, 0.15) is 124 Å². The molecule has 0 spiro atoms. The van der Waals surface area contributed by atoms with Crippen molar-refractivity contribution in [3.8, 4) is 73.0 Å². The Kier molecular flexibility index (Phi) is 13.0. The van der Waals surface area contributed by atoms with Crippen molar-refractivity contribution in [3.05, 3.63) is 228 Å². The maximum absolute atomic E-state index is 5.47. The average Bonchev–Trinajstić information content (AvgIpc) is 4.05. The summed E-state index contributed by atoms with van der Waals surface area (Å²) in [6.07, 6.45) is 9.46. The number of benzene rings is 8. The van der Waals surface area contributed by atoms with Gasteiger partial charge in [0.2, 0.25) is 0 Å². The molecule has 8 aromatic carbocycles. The molecule has 384 valence electrons. The number of fused-ring (bicyclic) bond motifs is 3. The van der Waals surface area contributed by atoms with Gasteiger partial charge in [-0.3, -0.25) is 0 Å². The Labute approximate surface area is 457 Å². The first-order chi connectivity index (χ1) is 36.7. The fourth-order valence-corrected chi connectivity index (χ4v) is 11.1. The van der Waals surface area contributed by atoms with Gasteiger partial charge in [0.25, 0.3) is 0 Å². The predicted octanol–water partition coefficient (Wildman–Crippen LogP) is 19.8. The Morgan fingerprint density at radius 1 is 0.377 bits per heavy atom. The van der Waals surface area contributed by atoms with Gasteiger partial charge in [-0.15, -0.1) is 0 Å². The standard InChI is InChI=1S/C73H72N4/c1-70(2,3)56-43-60-61-44-57(71(4,5)6)46-63(73(10,11)12)66(61)77(65(60)62(45-56)72(7,8)9)64-58(51-37-33-49(34-38-51)47-25-17-13-18-26-47)41-55(42-59(64)52-39-35-50(36-40-52)48-27-19-14-20-28-48)69-75-67(53-29-21-15-22-30-53)74-68(76-69)54-31-23-16-24-32-54/h13-31,33-46,54H,32H2,1-12H3. The van der Waals surface area contributed by atoms with E-state index in [1.165, 1.54) is 66.3 Å². The highest BCUT2D eigenvalue weighted by molar-refractivity contribution is 6.14. The maximum Gasteiger partial charge on any atom is 0.163 e. The largest absolute Gasteiger partial charge is 0.307 e. The summed E-state index contributed by atoms with van der Waals surface area (Å²) in [7, 11) is 0. The SMILES string of the molecule is CC(C)(C)c1cc(C(C)(C)C)c2c(c1)c1cc(C(C)(C)C)cc(C(C)(C)C)c1n2-c1c(-c2ccc(-c3ccccc3)cc2)cc(-c2nc(-c3ccccc3)nc(C3C=CC=CC3)n2)cc1-c1ccc(-c2ccccc2)cc1. The molecule has 0 saturated heterocycles. The third-order valence-electron chi connectivity index (χ3n) is 15.5. The van der Waals surface area contributed by atoms with Gasteiger partial charge in [0.15, 0.2) is 11.6 Å². The van der Waals surface area contributed by atoms with Gasteiger partial charge in [0.05, 0.1) is 16.7 Å². The van der Waals surface area contributed by atoms with E-state index in [1.54, 1.807) is 0 Å². The van der Waals surface area contributed by atoms with Crippen molar-refractivity contribution in [1.29, 1.82) is 0 Å². The quantitative estimate of drug-likeness (QED) is 0.152. The summed E-state index contributed by atoms with van der Waals surface area (Å²) in [6, 6.07) is 65.0. The molecule has 10 aromatic rings. The molecule has 1 unspecified atom stereocenters. The summed E-state index contributed by atoms with van der Waals surface area (Å²) in [4.78, 5) is 16.1. The van der Waals surface area contributed by atoms with Gasteiger partial charge in [-0.2, -0.15) is 0 Å². The molecule has 0 saturated carbocycles. The second-order valence-corrected chi connectivity index (χ2v) is 25.3. The van der Waals surface area contributed by atoms with Crippen LogP contribution in [0.5, 0.6) is 0 Å². The van der Waals surface area contributed by atoms with E-state index in [9.17, 15) is 0 Å². The van der Waals surface area contributed by atoms with Gasteiger partial charge in [0.1, 0.15) is 5.82 Å². The van der Waals surface area contributed by atoms with Gasteiger partial charge < -0.3 is 4.57 Å². The molecule has 2 aromatic heterocycles. The van der Waals surface area contributed by atoms with Crippen molar-refractivity contribution in [1.82, 2.24) is 19.5 Å². The molecule has 11 rings (SSSR count). The molecule has 1 atom stereocenters. The monoisotopic (exact) mass is 1000 g/mol. The third kappa shape index (κ3) is 10.0. The zero-order valence-corrected chi connectivity index (χ0v) is 47.1. The number of hydrogen-bond acceptors (Lipinski definition) is 3. The summed E-state index contributed by atoms with van der Waals surface area (Å²) in [5, 5.41) is 2.55. The van der Waals surface area contributed by atoms with Crippen LogP contribution in [0.2, 0.25) is 0 Å². The lowest BCUT2D eigenvalue weighted by Gasteiger charge is -2.29. The predicted molar refractivity (Wildman–Crippen MR) is 327 cm³/mol. The number of nitrogens with zero attached hydrogens (tertiary/aromatic N) is 4. The van der Waals surface area contributed by atoms with E-state index < -0.39 is 0 Å². The van der Waals surface area contributed by atoms with Crippen LogP contribution in [-0.2, 0) is 21.7 Å². The summed E-state index contributed by atoms with van der Waals surface area (Å²) in [5.74, 6) is 2.08. The zero-order valence-electron chi connectivity index (χ0n) is 47.1. The lowest BCUT2D eigenvalue weighted by atomic mass is 9.78. The minimum atomic E-state index is -0.229. The molecule has 77 heavy (non-hydrogen) atoms. The second-order valence-electron chi connectivity index (χ2n) is 25.3. The highest BCUT2D eigenvalue weighted by Crippen LogP contribution is 2.50. The van der Waals surface area contributed by atoms with Crippen LogP contribution in [0.4, 0.5) is 0 Å². The lowest BCUT2D eigenvalue weighted by molar-refractivity contribution is 0.571. The Morgan fingerprint density at radius 2 is 0.766 bits per heavy atom. The minimum absolute atomic E-state index is 0.0127. The first kappa shape index (κ1) is 51.2. The van der Waals surface area contributed by atoms with Gasteiger partial charge in [-0.25, -0.2) is 15.0 Å². The van der Waals surface area contributed by atoms with E-state index in [-0.39, 0.29) is 27.6 Å². The molecule has 0 aliphatic heterocycles. The van der Waals surface area contributed by atoms with E-state index in [0.717, 1.165) is 51.3 Å². The zero-order chi connectivity index (χ0) is 54.0. The Bertz CT molecular complexity index is 3670. The van der Waals surface area contributed by atoms with E-state index in [1.807, 2.05) is 6.07 Å². The maximum atomic E-state index is 5.47. The Hall–Kier alpha value is -7.95. The van der Waals surface area contributed by atoms with Crippen molar-refractivity contribution in [2.75, 3.05) is 0 Å². The highest BCUT2D eigenvalue weighted by Gasteiger charge is 2.33. The van der Waals surface area contributed by atoms with Gasteiger partial charge in [-0.1, -0.05) is 259 Å². The molecule has 0 radical (unpaired) electrons. The molecule has 0 fully saturated rings. The molecule has 1 aliphatic rings. The molecule has 0 bridgehead atoms. The Morgan fingerprint density at radius 3 is 1.16 bits per heavy atom.